The monoisotopic (exact) mass is 391 g/mol. The number of aromatic carboxylic acids is 1. The number of rotatable bonds is 8. The Balaban J connectivity index is 1.99. The maximum absolute atomic E-state index is 12.2. The number of carbonyl (C=O) groups excluding carboxylic acids is 1. The van der Waals surface area contributed by atoms with E-state index in [9.17, 15) is 18.0 Å². The van der Waals surface area contributed by atoms with Crippen LogP contribution in [0.4, 0.5) is 5.69 Å². The highest BCUT2D eigenvalue weighted by Crippen LogP contribution is 2.26. The third-order valence-electron chi connectivity index (χ3n) is 4.03. The summed E-state index contributed by atoms with van der Waals surface area (Å²) in [6.07, 6.45) is 0.623. The number of ether oxygens (including phenoxy) is 1. The molecule has 2 aromatic carbocycles. The number of carboxylic acid groups (broad SMARTS) is 1. The molecule has 7 nitrogen and oxygen atoms in total. The Labute approximate surface area is 157 Å². The molecule has 0 fully saturated rings. The summed E-state index contributed by atoms with van der Waals surface area (Å²) in [4.78, 5) is 23.4. The van der Waals surface area contributed by atoms with Gasteiger partial charge < -0.3 is 15.2 Å². The normalized spacial score (nSPS) is 11.0. The van der Waals surface area contributed by atoms with E-state index in [0.29, 0.717) is 12.1 Å². The molecule has 0 radical (unpaired) electrons. The number of carbonyl (C=O) groups is 2. The van der Waals surface area contributed by atoms with E-state index in [1.807, 2.05) is 0 Å². The molecule has 0 saturated heterocycles. The van der Waals surface area contributed by atoms with Crippen LogP contribution in [0.15, 0.2) is 47.4 Å². The molecule has 0 atom stereocenters. The van der Waals surface area contributed by atoms with Crippen LogP contribution in [-0.2, 0) is 21.1 Å². The molecule has 2 aromatic rings. The Kier molecular flexibility index (Phi) is 6.57. The first-order valence-corrected chi connectivity index (χ1v) is 9.95. The lowest BCUT2D eigenvalue weighted by Crippen LogP contribution is -2.13. The van der Waals surface area contributed by atoms with Crippen molar-refractivity contribution in [3.63, 3.8) is 0 Å². The fraction of sp³-hybridized carbons (Fsp3) is 0.263. The molecule has 2 rings (SSSR count). The number of anilines is 1. The van der Waals surface area contributed by atoms with E-state index in [2.05, 4.69) is 5.32 Å². The van der Waals surface area contributed by atoms with Gasteiger partial charge in [-0.3, -0.25) is 4.79 Å². The molecule has 0 spiro atoms. The molecule has 0 aliphatic carbocycles. The minimum atomic E-state index is -3.24. The lowest BCUT2D eigenvalue weighted by Gasteiger charge is -2.11. The maximum atomic E-state index is 12.2. The van der Waals surface area contributed by atoms with Crippen molar-refractivity contribution in [2.75, 3.05) is 18.2 Å². The van der Waals surface area contributed by atoms with Gasteiger partial charge in [0.1, 0.15) is 5.75 Å². The second kappa shape index (κ2) is 8.68. The Hall–Kier alpha value is -2.87. The molecule has 0 aromatic heterocycles. The van der Waals surface area contributed by atoms with Crippen LogP contribution in [0.2, 0.25) is 0 Å². The highest BCUT2D eigenvalue weighted by atomic mass is 32.2. The minimum absolute atomic E-state index is 0.0389. The molecule has 8 heteroatoms. The first-order chi connectivity index (χ1) is 12.8. The van der Waals surface area contributed by atoms with Gasteiger partial charge in [-0.2, -0.15) is 0 Å². The van der Waals surface area contributed by atoms with Gasteiger partial charge in [-0.05, 0) is 42.3 Å². The number of nitrogens with one attached hydrogen (secondary N) is 1. The number of carboxylic acids is 1. The molecule has 0 bridgehead atoms. The summed E-state index contributed by atoms with van der Waals surface area (Å²) in [7, 11) is -1.85. The zero-order valence-electron chi connectivity index (χ0n) is 15.1. The summed E-state index contributed by atoms with van der Waals surface area (Å²) in [5.74, 6) is -1.05. The quantitative estimate of drug-likeness (QED) is 0.716. The van der Waals surface area contributed by atoms with Crippen molar-refractivity contribution in [3.05, 3.63) is 53.6 Å². The fourth-order valence-electron chi connectivity index (χ4n) is 2.43. The van der Waals surface area contributed by atoms with Crippen LogP contribution in [0.5, 0.6) is 5.75 Å². The zero-order chi connectivity index (χ0) is 20.0. The van der Waals surface area contributed by atoms with Gasteiger partial charge in [0.05, 0.1) is 29.0 Å². The SMILES string of the molecule is CCS(=O)(=O)c1ccc(CCC(=O)Nc2ccc(C(=O)O)cc2OC)cc1. The molecule has 1 amide bonds. The summed E-state index contributed by atoms with van der Waals surface area (Å²) in [5.41, 5.74) is 1.29. The van der Waals surface area contributed by atoms with Gasteiger partial charge in [-0.25, -0.2) is 13.2 Å². The number of amides is 1. The van der Waals surface area contributed by atoms with Gasteiger partial charge in [0.25, 0.3) is 0 Å². The number of methoxy groups -OCH3 is 1. The van der Waals surface area contributed by atoms with Crippen LogP contribution in [0.3, 0.4) is 0 Å². The molecule has 27 heavy (non-hydrogen) atoms. The van der Waals surface area contributed by atoms with Gasteiger partial charge in [-0.15, -0.1) is 0 Å². The van der Waals surface area contributed by atoms with Crippen molar-refractivity contribution in [2.45, 2.75) is 24.7 Å². The zero-order valence-corrected chi connectivity index (χ0v) is 15.9. The fourth-order valence-corrected chi connectivity index (χ4v) is 3.31. The molecule has 0 aliphatic heterocycles. The average Bonchev–Trinajstić information content (AvgIpc) is 2.66. The van der Waals surface area contributed by atoms with Gasteiger partial charge in [0.15, 0.2) is 9.84 Å². The third kappa shape index (κ3) is 5.30. The van der Waals surface area contributed by atoms with Crippen molar-refractivity contribution in [1.82, 2.24) is 0 Å². The number of aryl methyl sites for hydroxylation is 1. The summed E-state index contributed by atoms with van der Waals surface area (Å²) in [6, 6.07) is 10.7. The van der Waals surface area contributed by atoms with Crippen LogP contribution in [0.25, 0.3) is 0 Å². The minimum Gasteiger partial charge on any atom is -0.495 e. The van der Waals surface area contributed by atoms with E-state index >= 15 is 0 Å². The molecule has 0 aliphatic rings. The largest absolute Gasteiger partial charge is 0.495 e. The maximum Gasteiger partial charge on any atom is 0.335 e. The van der Waals surface area contributed by atoms with Crippen LogP contribution in [0.1, 0.15) is 29.3 Å². The second-order valence-electron chi connectivity index (χ2n) is 5.82. The predicted octanol–water partition coefficient (Wildman–Crippen LogP) is 2.76. The topological polar surface area (TPSA) is 110 Å². The number of benzene rings is 2. The number of hydrogen-bond acceptors (Lipinski definition) is 5. The lowest BCUT2D eigenvalue weighted by molar-refractivity contribution is -0.116. The van der Waals surface area contributed by atoms with Gasteiger partial charge in [0.2, 0.25) is 5.91 Å². The van der Waals surface area contributed by atoms with Gasteiger partial charge in [0, 0.05) is 6.42 Å². The van der Waals surface area contributed by atoms with Crippen LogP contribution >= 0.6 is 0 Å². The lowest BCUT2D eigenvalue weighted by atomic mass is 10.1. The summed E-state index contributed by atoms with van der Waals surface area (Å²) in [5, 5.41) is 11.7. The standard InChI is InChI=1S/C19H21NO6S/c1-3-27(24,25)15-8-4-13(5-9-15)6-11-18(21)20-16-10-7-14(19(22)23)12-17(16)26-2/h4-5,7-10,12H,3,6,11H2,1-2H3,(H,20,21)(H,22,23). The van der Waals surface area contributed by atoms with E-state index in [1.54, 1.807) is 31.2 Å². The Bertz CT molecular complexity index is 935. The van der Waals surface area contributed by atoms with Crippen LogP contribution in [-0.4, -0.2) is 38.3 Å². The molecular weight excluding hydrogens is 370 g/mol. The Morgan fingerprint density at radius 2 is 1.78 bits per heavy atom. The molecule has 0 heterocycles. The Morgan fingerprint density at radius 1 is 1.11 bits per heavy atom. The van der Waals surface area contributed by atoms with E-state index in [1.165, 1.54) is 25.3 Å². The molecule has 144 valence electrons. The summed E-state index contributed by atoms with van der Waals surface area (Å²) < 4.78 is 28.7. The third-order valence-corrected chi connectivity index (χ3v) is 5.78. The van der Waals surface area contributed by atoms with Crippen LogP contribution < -0.4 is 10.1 Å². The second-order valence-corrected chi connectivity index (χ2v) is 8.09. The van der Waals surface area contributed by atoms with Crippen molar-refractivity contribution in [3.8, 4) is 5.75 Å². The van der Waals surface area contributed by atoms with E-state index < -0.39 is 15.8 Å². The van der Waals surface area contributed by atoms with Crippen molar-refractivity contribution in [1.29, 1.82) is 0 Å². The van der Waals surface area contributed by atoms with Crippen molar-refractivity contribution >= 4 is 27.4 Å². The highest BCUT2D eigenvalue weighted by molar-refractivity contribution is 7.91. The first kappa shape index (κ1) is 20.4. The first-order valence-electron chi connectivity index (χ1n) is 8.29. The van der Waals surface area contributed by atoms with E-state index in [0.717, 1.165) is 5.56 Å². The van der Waals surface area contributed by atoms with Crippen LogP contribution in [0, 0.1) is 0 Å². The van der Waals surface area contributed by atoms with E-state index in [4.69, 9.17) is 9.84 Å². The van der Waals surface area contributed by atoms with Gasteiger partial charge >= 0.3 is 5.97 Å². The predicted molar refractivity (Wildman–Crippen MR) is 101 cm³/mol. The van der Waals surface area contributed by atoms with Gasteiger partial charge in [-0.1, -0.05) is 19.1 Å². The van der Waals surface area contributed by atoms with Crippen molar-refractivity contribution in [2.24, 2.45) is 0 Å². The van der Waals surface area contributed by atoms with E-state index in [-0.39, 0.29) is 34.3 Å². The average molecular weight is 391 g/mol. The number of sulfone groups is 1. The molecule has 0 saturated carbocycles. The van der Waals surface area contributed by atoms with Crippen molar-refractivity contribution < 1.29 is 27.9 Å². The molecule has 0 unspecified atom stereocenters. The smallest absolute Gasteiger partial charge is 0.335 e. The molecular formula is C19H21NO6S. The summed E-state index contributed by atoms with van der Waals surface area (Å²) in [6.45, 7) is 1.59. The summed E-state index contributed by atoms with van der Waals surface area (Å²) >= 11 is 0. The Morgan fingerprint density at radius 3 is 2.33 bits per heavy atom. The molecule has 2 N–H and O–H groups in total. The number of hydrogen-bond donors (Lipinski definition) is 2. The highest BCUT2D eigenvalue weighted by Gasteiger charge is 2.13.